The molecule has 1 heterocycles. The van der Waals surface area contributed by atoms with Gasteiger partial charge in [0.15, 0.2) is 5.82 Å². The van der Waals surface area contributed by atoms with Gasteiger partial charge in [-0.05, 0) is 17.0 Å². The van der Waals surface area contributed by atoms with E-state index >= 15 is 0 Å². The van der Waals surface area contributed by atoms with E-state index in [0.29, 0.717) is 16.4 Å². The zero-order valence-corrected chi connectivity index (χ0v) is 7.71. The minimum Gasteiger partial charge on any atom is -0.594 e. The molecule has 4 heteroatoms. The molecule has 14 heavy (non-hydrogen) atoms. The van der Waals surface area contributed by atoms with Gasteiger partial charge >= 0.3 is 0 Å². The van der Waals surface area contributed by atoms with E-state index in [2.05, 4.69) is 10.1 Å². The lowest BCUT2D eigenvalue weighted by molar-refractivity contribution is -0.659. The Bertz CT molecular complexity index is 442. The summed E-state index contributed by atoms with van der Waals surface area (Å²) >= 11 is 0. The van der Waals surface area contributed by atoms with Gasteiger partial charge in [-0.3, -0.25) is 0 Å². The molecule has 0 amide bonds. The predicted octanol–water partition coefficient (Wildman–Crippen LogP) is 1.09. The van der Waals surface area contributed by atoms with Crippen LogP contribution in [0.15, 0.2) is 36.5 Å². The van der Waals surface area contributed by atoms with Crippen molar-refractivity contribution in [2.45, 2.75) is 6.92 Å². The van der Waals surface area contributed by atoms with Gasteiger partial charge < -0.3 is 5.21 Å². The van der Waals surface area contributed by atoms with Gasteiger partial charge in [-0.1, -0.05) is 18.2 Å². The monoisotopic (exact) mass is 187 g/mol. The number of aromatic nitrogens is 3. The van der Waals surface area contributed by atoms with Crippen LogP contribution in [0.5, 0.6) is 0 Å². The van der Waals surface area contributed by atoms with Crippen LogP contribution in [0.2, 0.25) is 0 Å². The highest BCUT2D eigenvalue weighted by Crippen LogP contribution is 2.12. The van der Waals surface area contributed by atoms with Crippen LogP contribution in [0, 0.1) is 12.1 Å². The lowest BCUT2D eigenvalue weighted by Crippen LogP contribution is -2.35. The predicted molar refractivity (Wildman–Crippen MR) is 51.2 cm³/mol. The van der Waals surface area contributed by atoms with Crippen LogP contribution in [0.4, 0.5) is 0 Å². The molecule has 0 atom stereocenters. The van der Waals surface area contributed by atoms with Crippen molar-refractivity contribution in [3.63, 3.8) is 0 Å². The van der Waals surface area contributed by atoms with E-state index in [-0.39, 0.29) is 0 Å². The van der Waals surface area contributed by atoms with Gasteiger partial charge in [-0.25, -0.2) is 4.98 Å². The summed E-state index contributed by atoms with van der Waals surface area (Å²) in [6.07, 6.45) is 1.53. The van der Waals surface area contributed by atoms with Gasteiger partial charge in [0.05, 0.1) is 5.56 Å². The van der Waals surface area contributed by atoms with E-state index in [1.807, 2.05) is 30.3 Å². The van der Waals surface area contributed by atoms with E-state index in [4.69, 9.17) is 0 Å². The van der Waals surface area contributed by atoms with E-state index in [9.17, 15) is 5.21 Å². The molecule has 1 aromatic carbocycles. The number of nitrogens with zero attached hydrogens (tertiary/aromatic N) is 3. The quantitative estimate of drug-likeness (QED) is 0.496. The van der Waals surface area contributed by atoms with Crippen LogP contribution in [0.25, 0.3) is 11.3 Å². The summed E-state index contributed by atoms with van der Waals surface area (Å²) in [5, 5.41) is 15.1. The fraction of sp³-hybridized carbons (Fsp3) is 0.100. The molecule has 4 nitrogen and oxygen atoms in total. The summed E-state index contributed by atoms with van der Waals surface area (Å²) < 4.78 is 0. The second-order valence-electron chi connectivity index (χ2n) is 2.93. The normalized spacial score (nSPS) is 10.1. The minimum absolute atomic E-state index is 0.469. The van der Waals surface area contributed by atoms with Crippen molar-refractivity contribution in [1.29, 1.82) is 0 Å². The van der Waals surface area contributed by atoms with Crippen molar-refractivity contribution in [2.75, 3.05) is 0 Å². The Kier molecular flexibility index (Phi) is 2.10. The molecule has 0 aliphatic carbocycles. The molecule has 0 unspecified atom stereocenters. The SMILES string of the molecule is Cc1ncc(-c2ccccc2)[n+]([O-])n1. The van der Waals surface area contributed by atoms with Gasteiger partial charge in [-0.15, -0.1) is 0 Å². The van der Waals surface area contributed by atoms with E-state index in [1.165, 1.54) is 6.20 Å². The number of aryl methyl sites for hydroxylation is 1. The van der Waals surface area contributed by atoms with Crippen molar-refractivity contribution in [3.8, 4) is 11.3 Å². The smallest absolute Gasteiger partial charge is 0.270 e. The summed E-state index contributed by atoms with van der Waals surface area (Å²) in [6.45, 7) is 1.68. The molecule has 0 radical (unpaired) electrons. The van der Waals surface area contributed by atoms with E-state index < -0.39 is 0 Å². The maximum absolute atomic E-state index is 11.4. The molecule has 2 aromatic rings. The Morgan fingerprint density at radius 3 is 2.57 bits per heavy atom. The molecule has 0 spiro atoms. The van der Waals surface area contributed by atoms with Gasteiger partial charge in [-0.2, -0.15) is 0 Å². The zero-order chi connectivity index (χ0) is 9.97. The van der Waals surface area contributed by atoms with Crippen molar-refractivity contribution in [3.05, 3.63) is 47.6 Å². The second-order valence-corrected chi connectivity index (χ2v) is 2.93. The highest BCUT2D eigenvalue weighted by atomic mass is 16.5. The number of benzene rings is 1. The third-order valence-electron chi connectivity index (χ3n) is 1.88. The molecule has 0 aliphatic rings. The van der Waals surface area contributed by atoms with Crippen LogP contribution in [0.3, 0.4) is 0 Å². The molecule has 0 fully saturated rings. The lowest BCUT2D eigenvalue weighted by Gasteiger charge is -2.00. The molecule has 0 aliphatic heterocycles. The highest BCUT2D eigenvalue weighted by Gasteiger charge is 2.09. The maximum Gasteiger partial charge on any atom is 0.270 e. The first kappa shape index (κ1) is 8.62. The highest BCUT2D eigenvalue weighted by molar-refractivity contribution is 5.54. The van der Waals surface area contributed by atoms with Crippen LogP contribution in [0.1, 0.15) is 5.82 Å². The lowest BCUT2D eigenvalue weighted by atomic mass is 10.2. The van der Waals surface area contributed by atoms with Gasteiger partial charge in [0, 0.05) is 12.0 Å². The Morgan fingerprint density at radius 2 is 1.93 bits per heavy atom. The first-order chi connectivity index (χ1) is 6.77. The summed E-state index contributed by atoms with van der Waals surface area (Å²) in [6, 6.07) is 9.34. The third-order valence-corrected chi connectivity index (χ3v) is 1.88. The Labute approximate surface area is 81.4 Å². The van der Waals surface area contributed by atoms with Gasteiger partial charge in [0.25, 0.3) is 5.69 Å². The number of rotatable bonds is 1. The Hall–Kier alpha value is -1.97. The number of hydrogen-bond donors (Lipinski definition) is 0. The number of hydrogen-bond acceptors (Lipinski definition) is 3. The fourth-order valence-corrected chi connectivity index (χ4v) is 1.21. The molecule has 2 rings (SSSR count). The van der Waals surface area contributed by atoms with E-state index in [1.54, 1.807) is 6.92 Å². The first-order valence-electron chi connectivity index (χ1n) is 4.26. The summed E-state index contributed by atoms with van der Waals surface area (Å²) in [7, 11) is 0. The molecule has 0 saturated carbocycles. The topological polar surface area (TPSA) is 52.7 Å². The summed E-state index contributed by atoms with van der Waals surface area (Å²) in [4.78, 5) is 4.58. The van der Waals surface area contributed by atoms with Crippen molar-refractivity contribution >= 4 is 0 Å². The molecule has 0 saturated heterocycles. The average Bonchev–Trinajstić information content (AvgIpc) is 2.19. The van der Waals surface area contributed by atoms with Crippen molar-refractivity contribution in [2.24, 2.45) is 0 Å². The Morgan fingerprint density at radius 1 is 1.21 bits per heavy atom. The van der Waals surface area contributed by atoms with Crippen LogP contribution < -0.4 is 4.85 Å². The summed E-state index contributed by atoms with van der Waals surface area (Å²) in [5.41, 5.74) is 1.29. The largest absolute Gasteiger partial charge is 0.594 e. The van der Waals surface area contributed by atoms with Gasteiger partial charge in [0.2, 0.25) is 0 Å². The standard InChI is InChI=1S/C10H9N3O/c1-8-11-7-10(13(14)12-8)9-5-3-2-4-6-9/h2-7H,1H3. The molecule has 1 aromatic heterocycles. The average molecular weight is 187 g/mol. The van der Waals surface area contributed by atoms with Crippen LogP contribution in [-0.2, 0) is 0 Å². The molecular formula is C10H9N3O. The van der Waals surface area contributed by atoms with Crippen LogP contribution >= 0.6 is 0 Å². The fourth-order valence-electron chi connectivity index (χ4n) is 1.21. The molecule has 70 valence electrons. The first-order valence-corrected chi connectivity index (χ1v) is 4.26. The molecular weight excluding hydrogens is 178 g/mol. The minimum atomic E-state index is 0.469. The van der Waals surface area contributed by atoms with Crippen molar-refractivity contribution in [1.82, 2.24) is 10.1 Å². The second kappa shape index (κ2) is 3.41. The van der Waals surface area contributed by atoms with E-state index in [0.717, 1.165) is 5.56 Å². The molecule has 0 N–H and O–H groups in total. The molecule has 0 bridgehead atoms. The zero-order valence-electron chi connectivity index (χ0n) is 7.71. The third kappa shape index (κ3) is 1.54. The maximum atomic E-state index is 11.4. The van der Waals surface area contributed by atoms with Crippen LogP contribution in [-0.4, -0.2) is 10.1 Å². The summed E-state index contributed by atoms with van der Waals surface area (Å²) in [5.74, 6) is 0.472. The van der Waals surface area contributed by atoms with Crippen molar-refractivity contribution < 1.29 is 4.85 Å². The van der Waals surface area contributed by atoms with Gasteiger partial charge in [0.1, 0.15) is 6.20 Å². The Balaban J connectivity index is 2.53.